The maximum Gasteiger partial charge on any atom is 0.221 e. The topological polar surface area (TPSA) is 41.6 Å². The largest absolute Gasteiger partial charge is 0.489 e. The quantitative estimate of drug-likeness (QED) is 0.894. The van der Waals surface area contributed by atoms with Gasteiger partial charge in [0.15, 0.2) is 0 Å². The Hall–Kier alpha value is -2.33. The summed E-state index contributed by atoms with van der Waals surface area (Å²) in [6.45, 7) is 9.23. The second kappa shape index (κ2) is 8.37. The molecule has 1 aliphatic rings. The summed E-state index contributed by atoms with van der Waals surface area (Å²) in [6, 6.07) is 14.5. The lowest BCUT2D eigenvalue weighted by molar-refractivity contribution is -0.121. The first-order chi connectivity index (χ1) is 12.5. The summed E-state index contributed by atoms with van der Waals surface area (Å²) in [4.78, 5) is 14.6. The molecule has 1 N–H and O–H groups in total. The van der Waals surface area contributed by atoms with Crippen molar-refractivity contribution < 1.29 is 9.53 Å². The first-order valence-corrected chi connectivity index (χ1v) is 9.31. The Morgan fingerprint density at radius 3 is 2.85 bits per heavy atom. The van der Waals surface area contributed by atoms with Crippen LogP contribution in [0, 0.1) is 13.8 Å². The summed E-state index contributed by atoms with van der Waals surface area (Å²) in [5.41, 5.74) is 4.81. The summed E-state index contributed by atoms with van der Waals surface area (Å²) in [5.74, 6) is 1.06. The number of carbonyl (C=O) groups excluding carboxylic acids is 1. The van der Waals surface area contributed by atoms with Crippen LogP contribution in [0.5, 0.6) is 5.75 Å². The van der Waals surface area contributed by atoms with Crippen molar-refractivity contribution in [2.24, 2.45) is 0 Å². The zero-order chi connectivity index (χ0) is 18.5. The molecule has 26 heavy (non-hydrogen) atoms. The number of rotatable bonds is 5. The number of benzene rings is 2. The van der Waals surface area contributed by atoms with Crippen LogP contribution in [-0.4, -0.2) is 30.0 Å². The smallest absolute Gasteiger partial charge is 0.221 e. The highest BCUT2D eigenvalue weighted by molar-refractivity contribution is 5.76. The third kappa shape index (κ3) is 4.85. The number of aryl methyl sites for hydroxylation is 2. The standard InChI is InChI=1S/C22H28N2O2/c1-16-8-9-21-20(12-16)15-24(14-18(3)26-21)11-10-22(25)23-13-19-7-5-4-6-17(19)2/h4-9,12,18H,10-11,13-15H2,1-3H3,(H,23,25)/t18-/m1/s1. The highest BCUT2D eigenvalue weighted by atomic mass is 16.5. The van der Waals surface area contributed by atoms with E-state index in [4.69, 9.17) is 4.74 Å². The maximum absolute atomic E-state index is 12.3. The van der Waals surface area contributed by atoms with E-state index in [0.29, 0.717) is 13.0 Å². The van der Waals surface area contributed by atoms with Gasteiger partial charge in [0, 0.05) is 38.2 Å². The molecule has 0 fully saturated rings. The van der Waals surface area contributed by atoms with Crippen molar-refractivity contribution >= 4 is 5.91 Å². The summed E-state index contributed by atoms with van der Waals surface area (Å²) in [6.07, 6.45) is 0.619. The Morgan fingerprint density at radius 2 is 2.04 bits per heavy atom. The van der Waals surface area contributed by atoms with E-state index < -0.39 is 0 Å². The summed E-state index contributed by atoms with van der Waals surface area (Å²) < 4.78 is 6.03. The molecule has 1 heterocycles. The molecule has 0 saturated carbocycles. The van der Waals surface area contributed by atoms with Gasteiger partial charge in [-0.15, -0.1) is 0 Å². The molecule has 3 rings (SSSR count). The van der Waals surface area contributed by atoms with Crippen LogP contribution in [0.4, 0.5) is 0 Å². The Labute approximate surface area is 156 Å². The molecule has 0 unspecified atom stereocenters. The number of ether oxygens (including phenoxy) is 1. The molecule has 2 aromatic rings. The average Bonchev–Trinajstić information content (AvgIpc) is 2.76. The Kier molecular flexibility index (Phi) is 5.94. The predicted molar refractivity (Wildman–Crippen MR) is 104 cm³/mol. The molecule has 1 atom stereocenters. The Balaban J connectivity index is 1.53. The predicted octanol–water partition coefficient (Wildman–Crippen LogP) is 3.59. The van der Waals surface area contributed by atoms with Crippen molar-refractivity contribution in [2.75, 3.05) is 13.1 Å². The van der Waals surface area contributed by atoms with Gasteiger partial charge in [0.2, 0.25) is 5.91 Å². The van der Waals surface area contributed by atoms with E-state index in [2.05, 4.69) is 61.3 Å². The normalized spacial score (nSPS) is 17.1. The molecule has 138 valence electrons. The highest BCUT2D eigenvalue weighted by Crippen LogP contribution is 2.26. The Morgan fingerprint density at radius 1 is 1.23 bits per heavy atom. The van der Waals surface area contributed by atoms with Crippen molar-refractivity contribution in [3.05, 3.63) is 64.7 Å². The van der Waals surface area contributed by atoms with Crippen LogP contribution in [0.2, 0.25) is 0 Å². The number of nitrogens with zero attached hydrogens (tertiary/aromatic N) is 1. The van der Waals surface area contributed by atoms with E-state index in [0.717, 1.165) is 25.4 Å². The molecule has 1 aliphatic heterocycles. The zero-order valence-electron chi connectivity index (χ0n) is 15.9. The van der Waals surface area contributed by atoms with E-state index in [-0.39, 0.29) is 12.0 Å². The molecule has 0 saturated heterocycles. The van der Waals surface area contributed by atoms with Gasteiger partial charge in [0.25, 0.3) is 0 Å². The van der Waals surface area contributed by atoms with E-state index in [1.165, 1.54) is 22.3 Å². The van der Waals surface area contributed by atoms with Gasteiger partial charge in [-0.2, -0.15) is 0 Å². The molecule has 0 aromatic heterocycles. The fourth-order valence-electron chi connectivity index (χ4n) is 3.39. The lowest BCUT2D eigenvalue weighted by Gasteiger charge is -2.21. The minimum Gasteiger partial charge on any atom is -0.489 e. The highest BCUT2D eigenvalue weighted by Gasteiger charge is 2.20. The van der Waals surface area contributed by atoms with Crippen molar-refractivity contribution in [3.8, 4) is 5.75 Å². The second-order valence-corrected chi connectivity index (χ2v) is 7.23. The summed E-state index contributed by atoms with van der Waals surface area (Å²) in [5, 5.41) is 3.04. The van der Waals surface area contributed by atoms with Crippen molar-refractivity contribution in [1.29, 1.82) is 0 Å². The lowest BCUT2D eigenvalue weighted by Crippen LogP contribution is -2.34. The maximum atomic E-state index is 12.3. The second-order valence-electron chi connectivity index (χ2n) is 7.23. The van der Waals surface area contributed by atoms with Crippen molar-refractivity contribution in [1.82, 2.24) is 10.2 Å². The van der Waals surface area contributed by atoms with Gasteiger partial charge < -0.3 is 10.1 Å². The van der Waals surface area contributed by atoms with Crippen LogP contribution in [0.15, 0.2) is 42.5 Å². The first-order valence-electron chi connectivity index (χ1n) is 9.31. The number of fused-ring (bicyclic) bond motifs is 1. The van der Waals surface area contributed by atoms with Gasteiger partial charge in [-0.1, -0.05) is 42.0 Å². The van der Waals surface area contributed by atoms with Crippen LogP contribution in [0.1, 0.15) is 35.6 Å². The Bertz CT molecular complexity index is 772. The number of carbonyl (C=O) groups is 1. The third-order valence-electron chi connectivity index (χ3n) is 4.85. The minimum absolute atomic E-state index is 0.0931. The fourth-order valence-corrected chi connectivity index (χ4v) is 3.39. The van der Waals surface area contributed by atoms with E-state index in [9.17, 15) is 4.79 Å². The van der Waals surface area contributed by atoms with Gasteiger partial charge in [-0.05, 0) is 38.0 Å². The number of hydrogen-bond acceptors (Lipinski definition) is 3. The molecule has 0 aliphatic carbocycles. The number of hydrogen-bond donors (Lipinski definition) is 1. The van der Waals surface area contributed by atoms with Crippen LogP contribution in [0.3, 0.4) is 0 Å². The lowest BCUT2D eigenvalue weighted by atomic mass is 10.1. The molecule has 2 aromatic carbocycles. The molecular formula is C22H28N2O2. The van der Waals surface area contributed by atoms with Gasteiger partial charge in [0.05, 0.1) is 0 Å². The van der Waals surface area contributed by atoms with Gasteiger partial charge in [0.1, 0.15) is 11.9 Å². The average molecular weight is 352 g/mol. The molecule has 4 heteroatoms. The minimum atomic E-state index is 0.0931. The number of nitrogens with one attached hydrogen (secondary N) is 1. The molecule has 0 radical (unpaired) electrons. The van der Waals surface area contributed by atoms with Gasteiger partial charge in [-0.3, -0.25) is 9.69 Å². The summed E-state index contributed by atoms with van der Waals surface area (Å²) >= 11 is 0. The molecule has 1 amide bonds. The van der Waals surface area contributed by atoms with E-state index in [1.54, 1.807) is 0 Å². The van der Waals surface area contributed by atoms with E-state index in [1.807, 2.05) is 12.1 Å². The van der Waals surface area contributed by atoms with Crippen molar-refractivity contribution in [2.45, 2.75) is 46.4 Å². The first kappa shape index (κ1) is 18.5. The number of amides is 1. The summed E-state index contributed by atoms with van der Waals surface area (Å²) in [7, 11) is 0. The van der Waals surface area contributed by atoms with Crippen molar-refractivity contribution in [3.63, 3.8) is 0 Å². The van der Waals surface area contributed by atoms with E-state index >= 15 is 0 Å². The SMILES string of the molecule is Cc1ccc2c(c1)CN(CCC(=O)NCc1ccccc1C)C[C@@H](C)O2. The van der Waals surface area contributed by atoms with Crippen LogP contribution in [0.25, 0.3) is 0 Å². The molecule has 4 nitrogen and oxygen atoms in total. The van der Waals surface area contributed by atoms with Crippen LogP contribution in [-0.2, 0) is 17.9 Å². The van der Waals surface area contributed by atoms with Gasteiger partial charge >= 0.3 is 0 Å². The monoisotopic (exact) mass is 352 g/mol. The van der Waals surface area contributed by atoms with Gasteiger partial charge in [-0.25, -0.2) is 0 Å². The molecular weight excluding hydrogens is 324 g/mol. The third-order valence-corrected chi connectivity index (χ3v) is 4.85. The fraction of sp³-hybridized carbons (Fsp3) is 0.409. The van der Waals surface area contributed by atoms with Crippen LogP contribution >= 0.6 is 0 Å². The molecule has 0 spiro atoms. The zero-order valence-corrected chi connectivity index (χ0v) is 15.9. The van der Waals surface area contributed by atoms with Crippen LogP contribution < -0.4 is 10.1 Å². The molecule has 0 bridgehead atoms.